The number of ether oxygens (including phenoxy) is 1. The fourth-order valence-corrected chi connectivity index (χ4v) is 3.50. The van der Waals surface area contributed by atoms with Crippen LogP contribution in [0.4, 0.5) is 0 Å². The molecule has 0 fully saturated rings. The fourth-order valence-electron chi connectivity index (χ4n) is 3.50. The molecule has 0 saturated heterocycles. The van der Waals surface area contributed by atoms with Crippen molar-refractivity contribution in [3.05, 3.63) is 102 Å². The molecule has 3 aromatic rings. The molecule has 0 aliphatic rings. The van der Waals surface area contributed by atoms with Crippen molar-refractivity contribution in [2.75, 3.05) is 19.8 Å². The number of hydrogen-bond acceptors (Lipinski definition) is 2. The molecule has 29 heavy (non-hydrogen) atoms. The van der Waals surface area contributed by atoms with Crippen LogP contribution in [0.25, 0.3) is 0 Å². The minimum atomic E-state index is -0.837. The highest BCUT2D eigenvalue weighted by atomic mass is 16.5. The molecule has 4 heteroatoms. The van der Waals surface area contributed by atoms with Crippen LogP contribution in [-0.2, 0) is 11.2 Å². The first kappa shape index (κ1) is 20.6. The smallest absolute Gasteiger partial charge is 0.307 e. The predicted octanol–water partition coefficient (Wildman–Crippen LogP) is 3.39. The predicted molar refractivity (Wildman–Crippen MR) is 114 cm³/mol. The number of carbonyl (C=O) groups is 1. The van der Waals surface area contributed by atoms with Crippen LogP contribution in [0.15, 0.2) is 84.9 Å². The van der Waals surface area contributed by atoms with E-state index >= 15 is 0 Å². The summed E-state index contributed by atoms with van der Waals surface area (Å²) in [7, 11) is 0. The molecule has 3 rings (SSSR count). The van der Waals surface area contributed by atoms with Crippen LogP contribution >= 0.6 is 0 Å². The maximum atomic E-state index is 10.9. The quantitative estimate of drug-likeness (QED) is 0.522. The Morgan fingerprint density at radius 1 is 0.931 bits per heavy atom. The van der Waals surface area contributed by atoms with Gasteiger partial charge in [0.05, 0.1) is 25.4 Å². The third-order valence-corrected chi connectivity index (χ3v) is 5.09. The molecular formula is C25H28NO3+. The normalized spacial score (nSPS) is 11.9. The third kappa shape index (κ3) is 6.19. The van der Waals surface area contributed by atoms with E-state index in [1.54, 1.807) is 0 Å². The number of benzene rings is 3. The summed E-state index contributed by atoms with van der Waals surface area (Å²) in [6.07, 6.45) is 0.00559. The Bertz CT molecular complexity index is 857. The number of carboxylic acid groups (broad SMARTS) is 1. The topological polar surface area (TPSA) is 51.0 Å². The molecule has 2 N–H and O–H groups in total. The molecule has 0 spiro atoms. The van der Waals surface area contributed by atoms with E-state index in [1.165, 1.54) is 16.0 Å². The van der Waals surface area contributed by atoms with Gasteiger partial charge < -0.3 is 14.7 Å². The van der Waals surface area contributed by atoms with E-state index < -0.39 is 5.97 Å². The number of rotatable bonds is 10. The fraction of sp³-hybridized carbons (Fsp3) is 0.240. The van der Waals surface area contributed by atoms with Crippen molar-refractivity contribution in [1.29, 1.82) is 0 Å². The summed E-state index contributed by atoms with van der Waals surface area (Å²) >= 11 is 0. The van der Waals surface area contributed by atoms with Crippen LogP contribution in [0.5, 0.6) is 5.75 Å². The lowest BCUT2D eigenvalue weighted by molar-refractivity contribution is -0.914. The summed E-state index contributed by atoms with van der Waals surface area (Å²) in [5, 5.41) is 8.98. The number of hydrogen-bond donors (Lipinski definition) is 2. The van der Waals surface area contributed by atoms with E-state index in [9.17, 15) is 4.79 Å². The van der Waals surface area contributed by atoms with Gasteiger partial charge in [-0.2, -0.15) is 0 Å². The molecule has 150 valence electrons. The van der Waals surface area contributed by atoms with Gasteiger partial charge in [0.15, 0.2) is 0 Å². The van der Waals surface area contributed by atoms with Crippen molar-refractivity contribution in [3.8, 4) is 5.75 Å². The van der Waals surface area contributed by atoms with Gasteiger partial charge in [0.25, 0.3) is 0 Å². The Labute approximate surface area is 172 Å². The van der Waals surface area contributed by atoms with Crippen LogP contribution in [0, 0.1) is 0 Å². The molecule has 0 aliphatic carbocycles. The minimum absolute atomic E-state index is 0.00559. The van der Waals surface area contributed by atoms with E-state index in [0.29, 0.717) is 12.5 Å². The molecule has 0 amide bonds. The second-order valence-electron chi connectivity index (χ2n) is 7.19. The Balaban J connectivity index is 1.71. The zero-order chi connectivity index (χ0) is 20.5. The molecule has 4 nitrogen and oxygen atoms in total. The third-order valence-electron chi connectivity index (χ3n) is 5.09. The monoisotopic (exact) mass is 390 g/mol. The highest BCUT2D eigenvalue weighted by molar-refractivity contribution is 5.70. The van der Waals surface area contributed by atoms with Crippen molar-refractivity contribution in [2.24, 2.45) is 0 Å². The standard InChI is InChI=1S/C25H27NO3/c1-2-26(19-29-23-15-9-10-20(16-23)17-25(27)28)18-24(21-11-5-3-6-12-21)22-13-7-4-8-14-22/h3-16,24H,2,17-19H2,1H3,(H,27,28)/p+1. The number of nitrogens with one attached hydrogen (secondary N) is 1. The van der Waals surface area contributed by atoms with E-state index in [1.807, 2.05) is 36.4 Å². The van der Waals surface area contributed by atoms with Gasteiger partial charge >= 0.3 is 5.97 Å². The van der Waals surface area contributed by atoms with E-state index in [-0.39, 0.29) is 12.3 Å². The van der Waals surface area contributed by atoms with Crippen LogP contribution in [-0.4, -0.2) is 30.9 Å². The first-order valence-electron chi connectivity index (χ1n) is 10.0. The summed E-state index contributed by atoms with van der Waals surface area (Å²) in [5.74, 6) is 0.163. The van der Waals surface area contributed by atoms with Gasteiger partial charge in [-0.05, 0) is 35.7 Å². The van der Waals surface area contributed by atoms with Crippen LogP contribution < -0.4 is 9.64 Å². The second-order valence-corrected chi connectivity index (χ2v) is 7.19. The van der Waals surface area contributed by atoms with Crippen LogP contribution in [0.2, 0.25) is 0 Å². The molecule has 1 atom stereocenters. The molecular weight excluding hydrogens is 362 g/mol. The summed E-state index contributed by atoms with van der Waals surface area (Å²) in [6.45, 7) is 4.54. The summed E-state index contributed by atoms with van der Waals surface area (Å²) in [5.41, 5.74) is 3.35. The SMILES string of the molecule is CC[NH+](COc1cccc(CC(=O)O)c1)CC(c1ccccc1)c1ccccc1. The Morgan fingerprint density at radius 2 is 1.55 bits per heavy atom. The van der Waals surface area contributed by atoms with Gasteiger partial charge in [-0.1, -0.05) is 72.8 Å². The Hall–Kier alpha value is -3.11. The lowest BCUT2D eigenvalue weighted by Gasteiger charge is -2.25. The van der Waals surface area contributed by atoms with Gasteiger partial charge in [0.2, 0.25) is 6.73 Å². The number of aliphatic carboxylic acids is 1. The zero-order valence-electron chi connectivity index (χ0n) is 16.8. The molecule has 1 unspecified atom stereocenters. The van der Waals surface area contributed by atoms with Gasteiger partial charge in [-0.3, -0.25) is 4.79 Å². The van der Waals surface area contributed by atoms with Gasteiger partial charge in [0.1, 0.15) is 5.75 Å². The summed E-state index contributed by atoms with van der Waals surface area (Å²) in [4.78, 5) is 12.3. The van der Waals surface area contributed by atoms with Gasteiger partial charge in [-0.15, -0.1) is 0 Å². The molecule has 0 aliphatic heterocycles. The maximum absolute atomic E-state index is 10.9. The largest absolute Gasteiger partial charge is 0.481 e. The number of carboxylic acids is 1. The molecule has 0 aromatic heterocycles. The number of likely N-dealkylation sites (N-methyl/N-ethyl adjacent to an activating group) is 1. The van der Waals surface area contributed by atoms with Crippen molar-refractivity contribution in [2.45, 2.75) is 19.3 Å². The van der Waals surface area contributed by atoms with Gasteiger partial charge in [0, 0.05) is 0 Å². The van der Waals surface area contributed by atoms with Crippen molar-refractivity contribution in [1.82, 2.24) is 0 Å². The molecule has 0 saturated carbocycles. The van der Waals surface area contributed by atoms with Crippen LogP contribution in [0.1, 0.15) is 29.5 Å². The minimum Gasteiger partial charge on any atom is -0.481 e. The van der Waals surface area contributed by atoms with Crippen molar-refractivity contribution < 1.29 is 19.5 Å². The second kappa shape index (κ2) is 10.4. The highest BCUT2D eigenvalue weighted by Gasteiger charge is 2.20. The first-order valence-corrected chi connectivity index (χ1v) is 10.0. The van der Waals surface area contributed by atoms with Crippen molar-refractivity contribution in [3.63, 3.8) is 0 Å². The van der Waals surface area contributed by atoms with Gasteiger partial charge in [-0.25, -0.2) is 0 Å². The average molecular weight is 391 g/mol. The molecule has 0 bridgehead atoms. The van der Waals surface area contributed by atoms with Crippen molar-refractivity contribution >= 4 is 5.97 Å². The van der Waals surface area contributed by atoms with E-state index in [2.05, 4.69) is 55.5 Å². The van der Waals surface area contributed by atoms with E-state index in [0.717, 1.165) is 18.7 Å². The Kier molecular flexibility index (Phi) is 7.42. The maximum Gasteiger partial charge on any atom is 0.307 e. The molecule has 0 heterocycles. The Morgan fingerprint density at radius 3 is 2.10 bits per heavy atom. The average Bonchev–Trinajstić information content (AvgIpc) is 2.75. The molecule has 0 radical (unpaired) electrons. The lowest BCUT2D eigenvalue weighted by atomic mass is 9.91. The highest BCUT2D eigenvalue weighted by Crippen LogP contribution is 2.23. The number of quaternary nitrogens is 1. The zero-order valence-corrected chi connectivity index (χ0v) is 16.8. The first-order chi connectivity index (χ1) is 14.2. The molecule has 3 aromatic carbocycles. The van der Waals surface area contributed by atoms with Crippen LogP contribution in [0.3, 0.4) is 0 Å². The lowest BCUT2D eigenvalue weighted by Crippen LogP contribution is -3.13. The summed E-state index contributed by atoms with van der Waals surface area (Å²) < 4.78 is 6.02. The summed E-state index contributed by atoms with van der Waals surface area (Å²) in [6, 6.07) is 28.5. The van der Waals surface area contributed by atoms with E-state index in [4.69, 9.17) is 9.84 Å².